The van der Waals surface area contributed by atoms with Crippen molar-refractivity contribution in [2.45, 2.75) is 61.4 Å². The van der Waals surface area contributed by atoms with Crippen LogP contribution >= 0.6 is 11.8 Å². The molecular weight excluding hydrogens is 322 g/mol. The summed E-state index contributed by atoms with van der Waals surface area (Å²) in [6.07, 6.45) is 10.8. The number of aromatic nitrogens is 4. The predicted molar refractivity (Wildman–Crippen MR) is 92.0 cm³/mol. The molecule has 0 aliphatic heterocycles. The maximum atomic E-state index is 12.5. The highest BCUT2D eigenvalue weighted by Crippen LogP contribution is 2.32. The van der Waals surface area contributed by atoms with Gasteiger partial charge in [-0.05, 0) is 51.0 Å². The second-order valence-electron chi connectivity index (χ2n) is 6.48. The number of carbonyl (C=O) groups is 1. The fourth-order valence-corrected chi connectivity index (χ4v) is 4.63. The minimum Gasteiger partial charge on any atom is -0.348 e. The van der Waals surface area contributed by atoms with E-state index in [1.54, 1.807) is 24.2 Å². The van der Waals surface area contributed by atoms with Gasteiger partial charge in [0, 0.05) is 34.9 Å². The molecule has 0 aromatic carbocycles. The third kappa shape index (κ3) is 3.31. The highest BCUT2D eigenvalue weighted by Gasteiger charge is 2.27. The van der Waals surface area contributed by atoms with E-state index in [9.17, 15) is 4.79 Å². The summed E-state index contributed by atoms with van der Waals surface area (Å²) in [5.74, 6) is -0.0168. The van der Waals surface area contributed by atoms with E-state index in [0.29, 0.717) is 10.9 Å². The summed E-state index contributed by atoms with van der Waals surface area (Å²) in [4.78, 5) is 21.0. The molecule has 4 rings (SSSR count). The van der Waals surface area contributed by atoms with Gasteiger partial charge in [-0.1, -0.05) is 11.8 Å². The van der Waals surface area contributed by atoms with E-state index in [2.05, 4.69) is 25.5 Å². The van der Waals surface area contributed by atoms with Crippen LogP contribution in [-0.2, 0) is 12.8 Å². The van der Waals surface area contributed by atoms with E-state index in [1.807, 2.05) is 6.07 Å². The lowest BCUT2D eigenvalue weighted by Gasteiger charge is -2.28. The van der Waals surface area contributed by atoms with Gasteiger partial charge in [0.2, 0.25) is 0 Å². The second kappa shape index (κ2) is 6.93. The number of nitrogens with zero attached hydrogens (tertiary/aromatic N) is 3. The molecule has 1 fully saturated rings. The number of hydrogen-bond acceptors (Lipinski definition) is 5. The first kappa shape index (κ1) is 15.6. The van der Waals surface area contributed by atoms with Gasteiger partial charge in [-0.3, -0.25) is 9.89 Å². The number of aromatic amines is 1. The van der Waals surface area contributed by atoms with Crippen LogP contribution < -0.4 is 5.32 Å². The summed E-state index contributed by atoms with van der Waals surface area (Å²) < 4.78 is 0. The number of aryl methyl sites for hydroxylation is 1. The second-order valence-corrected chi connectivity index (χ2v) is 7.75. The fourth-order valence-electron chi connectivity index (χ4n) is 3.58. The summed E-state index contributed by atoms with van der Waals surface area (Å²) in [6.45, 7) is 0. The number of hydrogen-bond donors (Lipinski definition) is 2. The summed E-state index contributed by atoms with van der Waals surface area (Å²) in [5.41, 5.74) is 2.87. The normalized spacial score (nSPS) is 23.0. The SMILES string of the molecule is O=C(NC1CCC(Sc2ncccn2)CC1)c1n[nH]c2c1CCC2. The average Bonchev–Trinajstić information content (AvgIpc) is 3.21. The predicted octanol–water partition coefficient (Wildman–Crippen LogP) is 2.52. The van der Waals surface area contributed by atoms with Crippen molar-refractivity contribution >= 4 is 17.7 Å². The molecule has 6 nitrogen and oxygen atoms in total. The van der Waals surface area contributed by atoms with Crippen LogP contribution in [-0.4, -0.2) is 37.4 Å². The van der Waals surface area contributed by atoms with Crippen molar-refractivity contribution in [2.24, 2.45) is 0 Å². The van der Waals surface area contributed by atoms with Crippen LogP contribution in [0.2, 0.25) is 0 Å². The van der Waals surface area contributed by atoms with Crippen molar-refractivity contribution in [3.05, 3.63) is 35.4 Å². The minimum atomic E-state index is -0.0168. The summed E-state index contributed by atoms with van der Waals surface area (Å²) in [5, 5.41) is 11.8. The van der Waals surface area contributed by atoms with Crippen LogP contribution in [0.4, 0.5) is 0 Å². The van der Waals surface area contributed by atoms with E-state index >= 15 is 0 Å². The Kier molecular flexibility index (Phi) is 4.51. The van der Waals surface area contributed by atoms with Gasteiger partial charge in [-0.15, -0.1) is 0 Å². The van der Waals surface area contributed by atoms with Crippen LogP contribution in [0.3, 0.4) is 0 Å². The third-order valence-electron chi connectivity index (χ3n) is 4.85. The molecule has 24 heavy (non-hydrogen) atoms. The number of fused-ring (bicyclic) bond motifs is 1. The van der Waals surface area contributed by atoms with Gasteiger partial charge in [0.15, 0.2) is 10.9 Å². The number of rotatable bonds is 4. The number of carbonyl (C=O) groups excluding carboxylic acids is 1. The van der Waals surface area contributed by atoms with Crippen LogP contribution in [0.1, 0.15) is 53.8 Å². The third-order valence-corrected chi connectivity index (χ3v) is 6.07. The van der Waals surface area contributed by atoms with E-state index in [0.717, 1.165) is 61.4 Å². The Morgan fingerprint density at radius 2 is 1.96 bits per heavy atom. The Labute approximate surface area is 145 Å². The summed E-state index contributed by atoms with van der Waals surface area (Å²) in [7, 11) is 0. The molecule has 2 aromatic rings. The van der Waals surface area contributed by atoms with E-state index < -0.39 is 0 Å². The number of nitrogens with one attached hydrogen (secondary N) is 2. The van der Waals surface area contributed by atoms with Crippen LogP contribution in [0.15, 0.2) is 23.6 Å². The van der Waals surface area contributed by atoms with Gasteiger partial charge in [0.25, 0.3) is 5.91 Å². The molecule has 0 bridgehead atoms. The van der Waals surface area contributed by atoms with Crippen LogP contribution in [0.5, 0.6) is 0 Å². The molecule has 7 heteroatoms. The zero-order valence-corrected chi connectivity index (χ0v) is 14.3. The van der Waals surface area contributed by atoms with Crippen molar-refractivity contribution in [2.75, 3.05) is 0 Å². The summed E-state index contributed by atoms with van der Waals surface area (Å²) in [6, 6.07) is 2.09. The molecule has 126 valence electrons. The van der Waals surface area contributed by atoms with Gasteiger partial charge < -0.3 is 5.32 Å². The van der Waals surface area contributed by atoms with Crippen molar-refractivity contribution in [3.63, 3.8) is 0 Å². The number of H-pyrrole nitrogens is 1. The maximum Gasteiger partial charge on any atom is 0.272 e. The zero-order valence-electron chi connectivity index (χ0n) is 13.5. The lowest BCUT2D eigenvalue weighted by Crippen LogP contribution is -2.38. The Bertz CT molecular complexity index is 709. The highest BCUT2D eigenvalue weighted by molar-refractivity contribution is 7.99. The molecule has 2 aliphatic rings. The van der Waals surface area contributed by atoms with E-state index in [-0.39, 0.29) is 11.9 Å². The zero-order chi connectivity index (χ0) is 16.4. The van der Waals surface area contributed by atoms with Crippen molar-refractivity contribution < 1.29 is 4.79 Å². The smallest absolute Gasteiger partial charge is 0.272 e. The van der Waals surface area contributed by atoms with E-state index in [4.69, 9.17) is 0 Å². The van der Waals surface area contributed by atoms with Crippen LogP contribution in [0.25, 0.3) is 0 Å². The molecule has 0 radical (unpaired) electrons. The standard InChI is InChI=1S/C17H21N5OS/c23-16(15-13-3-1-4-14(13)21-22-15)20-11-5-7-12(8-6-11)24-17-18-9-2-10-19-17/h2,9-12H,1,3-8H2,(H,20,23)(H,21,22). The number of thioether (sulfide) groups is 1. The van der Waals surface area contributed by atoms with Gasteiger partial charge >= 0.3 is 0 Å². The molecule has 0 atom stereocenters. The average molecular weight is 343 g/mol. The summed E-state index contributed by atoms with van der Waals surface area (Å²) >= 11 is 1.75. The highest BCUT2D eigenvalue weighted by atomic mass is 32.2. The molecule has 0 unspecified atom stereocenters. The van der Waals surface area contributed by atoms with Gasteiger partial charge in [0.1, 0.15) is 0 Å². The topological polar surface area (TPSA) is 83.6 Å². The molecule has 0 spiro atoms. The van der Waals surface area contributed by atoms with E-state index in [1.165, 1.54) is 0 Å². The Morgan fingerprint density at radius 1 is 1.17 bits per heavy atom. The van der Waals surface area contributed by atoms with Crippen LogP contribution in [0, 0.1) is 0 Å². The molecule has 0 saturated heterocycles. The molecule has 1 amide bonds. The first-order valence-corrected chi connectivity index (χ1v) is 9.48. The maximum absolute atomic E-state index is 12.5. The first-order valence-electron chi connectivity index (χ1n) is 8.60. The molecule has 2 heterocycles. The Morgan fingerprint density at radius 3 is 2.75 bits per heavy atom. The minimum absolute atomic E-state index is 0.0168. The molecule has 2 aliphatic carbocycles. The van der Waals surface area contributed by atoms with Crippen molar-refractivity contribution in [1.29, 1.82) is 0 Å². The van der Waals surface area contributed by atoms with Gasteiger partial charge in [-0.25, -0.2) is 9.97 Å². The first-order chi connectivity index (χ1) is 11.8. The Balaban J connectivity index is 1.29. The molecular formula is C17H21N5OS. The largest absolute Gasteiger partial charge is 0.348 e. The van der Waals surface area contributed by atoms with Crippen molar-refractivity contribution in [3.8, 4) is 0 Å². The molecule has 1 saturated carbocycles. The van der Waals surface area contributed by atoms with Gasteiger partial charge in [-0.2, -0.15) is 5.10 Å². The fraction of sp³-hybridized carbons (Fsp3) is 0.529. The van der Waals surface area contributed by atoms with Gasteiger partial charge in [0.05, 0.1) is 0 Å². The lowest BCUT2D eigenvalue weighted by molar-refractivity contribution is 0.0922. The van der Waals surface area contributed by atoms with Crippen molar-refractivity contribution in [1.82, 2.24) is 25.5 Å². The Hall–Kier alpha value is -1.89. The monoisotopic (exact) mass is 343 g/mol. The quantitative estimate of drug-likeness (QED) is 0.834. The molecule has 2 aromatic heterocycles. The molecule has 2 N–H and O–H groups in total. The lowest BCUT2D eigenvalue weighted by atomic mass is 9.95. The number of amides is 1.